The minimum atomic E-state index is -0.374. The van der Waals surface area contributed by atoms with E-state index < -0.39 is 0 Å². The lowest BCUT2D eigenvalue weighted by atomic mass is 10.0. The molecule has 0 radical (unpaired) electrons. The first kappa shape index (κ1) is 13.8. The van der Waals surface area contributed by atoms with Crippen molar-refractivity contribution in [3.05, 3.63) is 33.4 Å². The summed E-state index contributed by atoms with van der Waals surface area (Å²) in [5.41, 5.74) is 3.75. The molecule has 6 heteroatoms. The maximum atomic E-state index is 11.8. The van der Waals surface area contributed by atoms with E-state index in [-0.39, 0.29) is 5.97 Å². The van der Waals surface area contributed by atoms with Crippen molar-refractivity contribution in [2.75, 3.05) is 6.61 Å². The zero-order valence-corrected chi connectivity index (χ0v) is 13.0. The summed E-state index contributed by atoms with van der Waals surface area (Å²) in [5.74, 6) is -0.374. The predicted molar refractivity (Wildman–Crippen MR) is 82.2 cm³/mol. The van der Waals surface area contributed by atoms with Crippen LogP contribution in [0.15, 0.2) is 21.6 Å². The number of hydrogen-bond acceptors (Lipinski definition) is 4. The van der Waals surface area contributed by atoms with E-state index in [1.165, 1.54) is 0 Å². The number of carbonyl (C=O) groups is 1. The van der Waals surface area contributed by atoms with E-state index in [1.54, 1.807) is 13.0 Å². The quantitative estimate of drug-likeness (QED) is 0.850. The number of rotatable bonds is 2. The number of fused-ring (bicyclic) bond motifs is 3. The third-order valence-electron chi connectivity index (χ3n) is 3.50. The molecule has 2 heterocycles. The normalized spacial score (nSPS) is 13.5. The van der Waals surface area contributed by atoms with Gasteiger partial charge < -0.3 is 9.72 Å². The molecule has 0 amide bonds. The minimum absolute atomic E-state index is 0.335. The molecule has 0 fully saturated rings. The monoisotopic (exact) mass is 345 g/mol. The van der Waals surface area contributed by atoms with Crippen molar-refractivity contribution >= 4 is 38.5 Å². The van der Waals surface area contributed by atoms with E-state index in [9.17, 15) is 10.1 Å². The van der Waals surface area contributed by atoms with Crippen LogP contribution in [0.4, 0.5) is 0 Å². The Hall–Kier alpha value is -2.13. The molecule has 1 aromatic heterocycles. The molecule has 0 spiro atoms. The van der Waals surface area contributed by atoms with Gasteiger partial charge in [-0.1, -0.05) is 15.9 Å². The van der Waals surface area contributed by atoms with Gasteiger partial charge in [-0.15, -0.1) is 0 Å². The Labute approximate surface area is 129 Å². The molecule has 106 valence electrons. The molecular formula is C15H12BrN3O2. The fourth-order valence-corrected chi connectivity index (χ4v) is 3.12. The lowest BCUT2D eigenvalue weighted by Gasteiger charge is -2.12. The van der Waals surface area contributed by atoms with Gasteiger partial charge in [0.2, 0.25) is 0 Å². The molecule has 0 atom stereocenters. The molecule has 1 N–H and O–H groups in total. The van der Waals surface area contributed by atoms with Crippen molar-refractivity contribution in [2.24, 2.45) is 4.99 Å². The zero-order valence-electron chi connectivity index (χ0n) is 11.4. The molecule has 3 rings (SSSR count). The van der Waals surface area contributed by atoms with Crippen molar-refractivity contribution in [1.29, 1.82) is 5.26 Å². The van der Waals surface area contributed by atoms with Gasteiger partial charge in [-0.2, -0.15) is 5.26 Å². The second kappa shape index (κ2) is 5.34. The van der Waals surface area contributed by atoms with Crippen LogP contribution in [0, 0.1) is 11.3 Å². The topological polar surface area (TPSA) is 78.2 Å². The molecule has 0 saturated carbocycles. The number of hydrogen-bond donors (Lipinski definition) is 1. The Morgan fingerprint density at radius 3 is 3.10 bits per heavy atom. The predicted octanol–water partition coefficient (Wildman–Crippen LogP) is 2.86. The number of nitriles is 1. The number of nitrogens with zero attached hydrogens (tertiary/aromatic N) is 2. The smallest absolute Gasteiger partial charge is 0.352 e. The summed E-state index contributed by atoms with van der Waals surface area (Å²) in [7, 11) is 0. The van der Waals surface area contributed by atoms with E-state index in [2.05, 4.69) is 32.0 Å². The molecule has 21 heavy (non-hydrogen) atoms. The number of benzene rings is 1. The highest BCUT2D eigenvalue weighted by atomic mass is 79.9. The summed E-state index contributed by atoms with van der Waals surface area (Å²) in [6, 6.07) is 5.81. The Morgan fingerprint density at radius 1 is 1.57 bits per heavy atom. The fraction of sp³-hybridized carbons (Fsp3) is 0.267. The van der Waals surface area contributed by atoms with Gasteiger partial charge in [0.1, 0.15) is 11.8 Å². The standard InChI is InChI=1S/C15H12BrN3O2/c1-2-21-15(20)12-5-11-9(7-18-12)13-10(16)4-3-8(6-17)14(13)19-11/h3-4,19H,2,5,7H2,1H3. The average Bonchev–Trinajstić information content (AvgIpc) is 2.87. The Bertz CT molecular complexity index is 814. The highest BCUT2D eigenvalue weighted by Crippen LogP contribution is 2.34. The first-order valence-electron chi connectivity index (χ1n) is 6.58. The summed E-state index contributed by atoms with van der Waals surface area (Å²) in [5, 5.41) is 10.2. The molecular weight excluding hydrogens is 334 g/mol. The molecule has 2 aromatic rings. The zero-order chi connectivity index (χ0) is 15.0. The van der Waals surface area contributed by atoms with Gasteiger partial charge in [0.05, 0.1) is 24.2 Å². The van der Waals surface area contributed by atoms with Crippen LogP contribution in [0.1, 0.15) is 23.7 Å². The fourth-order valence-electron chi connectivity index (χ4n) is 2.55. The van der Waals surface area contributed by atoms with Crippen molar-refractivity contribution in [3.63, 3.8) is 0 Å². The molecule has 1 aliphatic rings. The van der Waals surface area contributed by atoms with Crippen LogP contribution in [0.2, 0.25) is 0 Å². The lowest BCUT2D eigenvalue weighted by molar-refractivity contribution is -0.135. The van der Waals surface area contributed by atoms with Gasteiger partial charge in [-0.25, -0.2) is 4.79 Å². The number of esters is 1. The molecule has 5 nitrogen and oxygen atoms in total. The van der Waals surface area contributed by atoms with E-state index >= 15 is 0 Å². The van der Waals surface area contributed by atoms with Crippen molar-refractivity contribution in [1.82, 2.24) is 4.98 Å². The third-order valence-corrected chi connectivity index (χ3v) is 4.16. The summed E-state index contributed by atoms with van der Waals surface area (Å²) in [6.45, 7) is 2.52. The van der Waals surface area contributed by atoms with E-state index in [0.29, 0.717) is 30.8 Å². The van der Waals surface area contributed by atoms with Gasteiger partial charge in [-0.05, 0) is 19.1 Å². The van der Waals surface area contributed by atoms with E-state index in [1.807, 2.05) is 6.07 Å². The molecule has 1 aliphatic heterocycles. The van der Waals surface area contributed by atoms with Crippen LogP contribution in [0.5, 0.6) is 0 Å². The first-order chi connectivity index (χ1) is 10.2. The number of halogens is 1. The highest BCUT2D eigenvalue weighted by molar-refractivity contribution is 9.10. The Kier molecular flexibility index (Phi) is 3.52. The van der Waals surface area contributed by atoms with E-state index in [0.717, 1.165) is 26.6 Å². The maximum Gasteiger partial charge on any atom is 0.352 e. The first-order valence-corrected chi connectivity index (χ1v) is 7.37. The van der Waals surface area contributed by atoms with Gasteiger partial charge in [0, 0.05) is 27.5 Å². The van der Waals surface area contributed by atoms with Crippen LogP contribution in [0.25, 0.3) is 10.9 Å². The van der Waals surface area contributed by atoms with Gasteiger partial charge in [0.15, 0.2) is 0 Å². The van der Waals surface area contributed by atoms with Gasteiger partial charge >= 0.3 is 5.97 Å². The number of ether oxygens (including phenoxy) is 1. The van der Waals surface area contributed by atoms with Crippen LogP contribution in [0.3, 0.4) is 0 Å². The summed E-state index contributed by atoms with van der Waals surface area (Å²) < 4.78 is 5.91. The Morgan fingerprint density at radius 2 is 2.38 bits per heavy atom. The highest BCUT2D eigenvalue weighted by Gasteiger charge is 2.24. The minimum Gasteiger partial charge on any atom is -0.462 e. The Balaban J connectivity index is 2.08. The number of aromatic amines is 1. The van der Waals surface area contributed by atoms with Crippen molar-refractivity contribution in [2.45, 2.75) is 19.9 Å². The second-order valence-electron chi connectivity index (χ2n) is 4.70. The lowest BCUT2D eigenvalue weighted by Crippen LogP contribution is -2.23. The molecule has 0 unspecified atom stereocenters. The van der Waals surface area contributed by atoms with Crippen molar-refractivity contribution in [3.8, 4) is 6.07 Å². The van der Waals surface area contributed by atoms with E-state index in [4.69, 9.17) is 4.74 Å². The van der Waals surface area contributed by atoms with Crippen LogP contribution >= 0.6 is 15.9 Å². The second-order valence-corrected chi connectivity index (χ2v) is 5.55. The average molecular weight is 346 g/mol. The molecule has 0 saturated heterocycles. The van der Waals surface area contributed by atoms with Crippen LogP contribution in [-0.2, 0) is 22.5 Å². The number of nitrogens with one attached hydrogen (secondary N) is 1. The van der Waals surface area contributed by atoms with Crippen LogP contribution in [-0.4, -0.2) is 23.3 Å². The SMILES string of the molecule is CCOC(=O)C1=NCc2c([nH]c3c(C#N)ccc(Br)c23)C1. The maximum absolute atomic E-state index is 11.8. The van der Waals surface area contributed by atoms with Gasteiger partial charge in [0.25, 0.3) is 0 Å². The number of aliphatic imine (C=N–C) groups is 1. The molecule has 1 aromatic carbocycles. The largest absolute Gasteiger partial charge is 0.462 e. The third kappa shape index (κ3) is 2.24. The van der Waals surface area contributed by atoms with Crippen LogP contribution < -0.4 is 0 Å². The summed E-state index contributed by atoms with van der Waals surface area (Å²) >= 11 is 3.52. The van der Waals surface area contributed by atoms with Crippen molar-refractivity contribution < 1.29 is 9.53 Å². The summed E-state index contributed by atoms with van der Waals surface area (Å²) in [4.78, 5) is 19.4. The molecule has 0 bridgehead atoms. The number of aromatic nitrogens is 1. The van der Waals surface area contributed by atoms with Gasteiger partial charge in [-0.3, -0.25) is 4.99 Å². The number of carbonyl (C=O) groups excluding carboxylic acids is 1. The molecule has 0 aliphatic carbocycles. The summed E-state index contributed by atoms with van der Waals surface area (Å²) in [6.07, 6.45) is 0.403. The number of H-pyrrole nitrogens is 1.